The summed E-state index contributed by atoms with van der Waals surface area (Å²) in [5.74, 6) is 6.77. The molecule has 2 nitrogen and oxygen atoms in total. The van der Waals surface area contributed by atoms with Gasteiger partial charge in [-0.3, -0.25) is 0 Å². The second-order valence-corrected chi connectivity index (χ2v) is 11.1. The number of fused-ring (bicyclic) bond motifs is 1. The van der Waals surface area contributed by atoms with Crippen molar-refractivity contribution < 1.29 is 9.84 Å². The molecule has 1 aliphatic heterocycles. The summed E-state index contributed by atoms with van der Waals surface area (Å²) >= 11 is 0. The van der Waals surface area contributed by atoms with Crippen molar-refractivity contribution in [2.75, 3.05) is 0 Å². The molecule has 180 valence electrons. The van der Waals surface area contributed by atoms with Gasteiger partial charge in [0, 0.05) is 12.0 Å². The average molecular weight is 441 g/mol. The molecular formula is C30H48O2. The highest BCUT2D eigenvalue weighted by molar-refractivity contribution is 5.58. The van der Waals surface area contributed by atoms with E-state index < -0.39 is 5.60 Å². The van der Waals surface area contributed by atoms with Crippen LogP contribution in [0.25, 0.3) is 0 Å². The number of hydrogen-bond donors (Lipinski definition) is 1. The van der Waals surface area contributed by atoms with E-state index in [1.165, 1.54) is 44.9 Å². The van der Waals surface area contributed by atoms with Gasteiger partial charge in [0.2, 0.25) is 0 Å². The molecule has 1 aliphatic rings. The third kappa shape index (κ3) is 6.94. The molecule has 1 N–H and O–H groups in total. The van der Waals surface area contributed by atoms with E-state index in [2.05, 4.69) is 33.6 Å². The van der Waals surface area contributed by atoms with Gasteiger partial charge in [-0.25, -0.2) is 0 Å². The van der Waals surface area contributed by atoms with Crippen LogP contribution < -0.4 is 4.74 Å². The molecule has 2 rings (SSSR count). The summed E-state index contributed by atoms with van der Waals surface area (Å²) in [6, 6.07) is 0. The van der Waals surface area contributed by atoms with E-state index in [0.29, 0.717) is 5.75 Å². The van der Waals surface area contributed by atoms with Crippen LogP contribution in [0.5, 0.6) is 11.5 Å². The van der Waals surface area contributed by atoms with Gasteiger partial charge in [-0.05, 0) is 74.5 Å². The highest BCUT2D eigenvalue weighted by Crippen LogP contribution is 2.44. The molecule has 0 aliphatic carbocycles. The first-order valence-corrected chi connectivity index (χ1v) is 13.1. The van der Waals surface area contributed by atoms with Gasteiger partial charge < -0.3 is 9.84 Å². The van der Waals surface area contributed by atoms with Crippen molar-refractivity contribution in [3.05, 3.63) is 22.3 Å². The van der Waals surface area contributed by atoms with Crippen LogP contribution in [0.1, 0.15) is 114 Å². The van der Waals surface area contributed by atoms with Gasteiger partial charge in [0.1, 0.15) is 11.5 Å². The minimum absolute atomic E-state index is 0.404. The summed E-state index contributed by atoms with van der Waals surface area (Å²) in [5, 5.41) is 10.4. The normalized spacial score (nSPS) is 19.8. The Balaban J connectivity index is 1.80. The molecule has 1 aromatic carbocycles. The monoisotopic (exact) mass is 440 g/mol. The lowest BCUT2D eigenvalue weighted by molar-refractivity contribution is 0.0894. The molecule has 0 spiro atoms. The Kier molecular flexibility index (Phi) is 10.00. The predicted octanol–water partition coefficient (Wildman–Crippen LogP) is 8.45. The van der Waals surface area contributed by atoms with Gasteiger partial charge in [0.15, 0.2) is 5.60 Å². The molecule has 32 heavy (non-hydrogen) atoms. The van der Waals surface area contributed by atoms with Crippen molar-refractivity contribution >= 4 is 0 Å². The van der Waals surface area contributed by atoms with E-state index in [4.69, 9.17) is 11.2 Å². The quantitative estimate of drug-likeness (QED) is 0.330. The molecule has 0 bridgehead atoms. The fraction of sp³-hybridized carbons (Fsp3) is 0.733. The summed E-state index contributed by atoms with van der Waals surface area (Å²) in [6.07, 6.45) is 19.1. The smallest absolute Gasteiger partial charge is 0.169 e. The maximum Gasteiger partial charge on any atom is 0.169 e. The van der Waals surface area contributed by atoms with Crippen LogP contribution in [0, 0.1) is 50.9 Å². The summed E-state index contributed by atoms with van der Waals surface area (Å²) in [6.45, 7) is 15.4. The SMILES string of the molecule is C#C[C@@]1(CCC[C@H](C)CCC[C@H](C)CCCC(C)C)CCc2c(C)c(O)c(C)c(C)c2O1. The zero-order chi connectivity index (χ0) is 23.9. The van der Waals surface area contributed by atoms with Gasteiger partial charge >= 0.3 is 0 Å². The second kappa shape index (κ2) is 12.0. The molecule has 0 fully saturated rings. The lowest BCUT2D eigenvalue weighted by atomic mass is 9.83. The molecular weight excluding hydrogens is 392 g/mol. The van der Waals surface area contributed by atoms with E-state index in [1.807, 2.05) is 20.8 Å². The van der Waals surface area contributed by atoms with E-state index >= 15 is 0 Å². The minimum Gasteiger partial charge on any atom is -0.507 e. The van der Waals surface area contributed by atoms with Crippen LogP contribution >= 0.6 is 0 Å². The van der Waals surface area contributed by atoms with Crippen LogP contribution in [0.3, 0.4) is 0 Å². The van der Waals surface area contributed by atoms with Crippen LogP contribution in [-0.2, 0) is 6.42 Å². The number of ether oxygens (including phenoxy) is 1. The number of hydrogen-bond acceptors (Lipinski definition) is 2. The molecule has 0 aromatic heterocycles. The Morgan fingerprint density at radius 2 is 1.44 bits per heavy atom. The Morgan fingerprint density at radius 1 is 0.875 bits per heavy atom. The summed E-state index contributed by atoms with van der Waals surface area (Å²) < 4.78 is 6.52. The van der Waals surface area contributed by atoms with Gasteiger partial charge in [-0.2, -0.15) is 0 Å². The third-order valence-corrected chi connectivity index (χ3v) is 7.83. The molecule has 0 amide bonds. The van der Waals surface area contributed by atoms with Crippen molar-refractivity contribution in [3.8, 4) is 23.8 Å². The van der Waals surface area contributed by atoms with Crippen LogP contribution in [-0.4, -0.2) is 10.7 Å². The first-order valence-electron chi connectivity index (χ1n) is 13.1. The topological polar surface area (TPSA) is 29.5 Å². The highest BCUT2D eigenvalue weighted by atomic mass is 16.5. The maximum atomic E-state index is 10.4. The molecule has 1 aromatic rings. The van der Waals surface area contributed by atoms with Crippen molar-refractivity contribution in [1.82, 2.24) is 0 Å². The van der Waals surface area contributed by atoms with Crippen LogP contribution in [0.2, 0.25) is 0 Å². The van der Waals surface area contributed by atoms with Crippen molar-refractivity contribution in [3.63, 3.8) is 0 Å². The molecule has 2 heteroatoms. The van der Waals surface area contributed by atoms with Crippen molar-refractivity contribution in [2.24, 2.45) is 17.8 Å². The highest BCUT2D eigenvalue weighted by Gasteiger charge is 2.36. The van der Waals surface area contributed by atoms with Crippen molar-refractivity contribution in [1.29, 1.82) is 0 Å². The first kappa shape index (κ1) is 26.6. The van der Waals surface area contributed by atoms with Crippen LogP contribution in [0.15, 0.2) is 0 Å². The van der Waals surface area contributed by atoms with Gasteiger partial charge in [0.05, 0.1) is 0 Å². The third-order valence-electron chi connectivity index (χ3n) is 7.83. The largest absolute Gasteiger partial charge is 0.507 e. The molecule has 1 heterocycles. The maximum absolute atomic E-state index is 10.4. The average Bonchev–Trinajstić information content (AvgIpc) is 2.75. The second-order valence-electron chi connectivity index (χ2n) is 11.1. The van der Waals surface area contributed by atoms with Gasteiger partial charge in [-0.1, -0.05) is 78.6 Å². The number of terminal acetylenes is 1. The fourth-order valence-electron chi connectivity index (χ4n) is 5.25. The number of phenolic OH excluding ortho intramolecular Hbond substituents is 1. The predicted molar refractivity (Wildman–Crippen MR) is 138 cm³/mol. The lowest BCUT2D eigenvalue weighted by Crippen LogP contribution is -2.38. The van der Waals surface area contributed by atoms with Crippen molar-refractivity contribution in [2.45, 2.75) is 125 Å². The Morgan fingerprint density at radius 3 is 2.00 bits per heavy atom. The van der Waals surface area contributed by atoms with Gasteiger partial charge in [0.25, 0.3) is 0 Å². The zero-order valence-corrected chi connectivity index (χ0v) is 21.9. The van der Waals surface area contributed by atoms with E-state index in [9.17, 15) is 5.11 Å². The lowest BCUT2D eigenvalue weighted by Gasteiger charge is -2.37. The molecule has 0 saturated carbocycles. The number of phenols is 1. The zero-order valence-electron chi connectivity index (χ0n) is 21.9. The summed E-state index contributed by atoms with van der Waals surface area (Å²) in [5.41, 5.74) is 3.51. The molecule has 0 saturated heterocycles. The summed E-state index contributed by atoms with van der Waals surface area (Å²) in [4.78, 5) is 0. The Hall–Kier alpha value is -1.62. The van der Waals surface area contributed by atoms with Gasteiger partial charge in [-0.15, -0.1) is 6.42 Å². The Labute approximate surface area is 198 Å². The summed E-state index contributed by atoms with van der Waals surface area (Å²) in [7, 11) is 0. The number of rotatable bonds is 12. The van der Waals surface area contributed by atoms with Crippen LogP contribution in [0.4, 0.5) is 0 Å². The number of benzene rings is 1. The molecule has 0 radical (unpaired) electrons. The van der Waals surface area contributed by atoms with E-state index in [1.54, 1.807) is 0 Å². The Bertz CT molecular complexity index is 785. The molecule has 0 unspecified atom stereocenters. The van der Waals surface area contributed by atoms with E-state index in [-0.39, 0.29) is 0 Å². The first-order chi connectivity index (χ1) is 15.1. The molecule has 3 atom stereocenters. The number of aromatic hydroxyl groups is 1. The minimum atomic E-state index is -0.502. The fourth-order valence-corrected chi connectivity index (χ4v) is 5.25. The van der Waals surface area contributed by atoms with E-state index in [0.717, 1.165) is 71.4 Å². The standard InChI is InChI=1S/C30H48O2/c1-9-30(20-18-27-26(8)28(31)24(6)25(7)29(27)32-30)19-12-17-23(5)16-11-15-22(4)14-10-13-21(2)3/h1,21-23,31H,10-20H2,2-8H3/t22-,23-,30-/m1/s1.